The molecule has 0 saturated carbocycles. The van der Waals surface area contributed by atoms with E-state index in [-0.39, 0.29) is 5.91 Å². The number of benzene rings is 1. The van der Waals surface area contributed by atoms with Gasteiger partial charge in [-0.3, -0.25) is 15.1 Å². The first kappa shape index (κ1) is 13.6. The van der Waals surface area contributed by atoms with Gasteiger partial charge in [0.15, 0.2) is 5.96 Å². The van der Waals surface area contributed by atoms with E-state index in [4.69, 9.17) is 0 Å². The third-order valence-electron chi connectivity index (χ3n) is 3.36. The van der Waals surface area contributed by atoms with Crippen molar-refractivity contribution in [3.63, 3.8) is 0 Å². The zero-order valence-corrected chi connectivity index (χ0v) is 11.7. The Hall–Kier alpha value is -1.84. The summed E-state index contributed by atoms with van der Waals surface area (Å²) in [6.45, 7) is 6.92. The molecule has 1 unspecified atom stereocenters. The Morgan fingerprint density at radius 2 is 1.95 bits per heavy atom. The summed E-state index contributed by atoms with van der Waals surface area (Å²) in [5, 5.41) is 6.11. The number of nitrogens with one attached hydrogen (secondary N) is 2. The van der Waals surface area contributed by atoms with Crippen LogP contribution in [0.2, 0.25) is 0 Å². The highest BCUT2D eigenvalue weighted by atomic mass is 16.2. The smallest absolute Gasteiger partial charge is 0.257 e. The predicted octanol–water partition coefficient (Wildman–Crippen LogP) is 2.02. The lowest BCUT2D eigenvalue weighted by molar-refractivity contribution is -0.124. The molecule has 1 heterocycles. The first-order chi connectivity index (χ1) is 9.08. The number of rotatable bonds is 4. The molecule has 4 heteroatoms. The van der Waals surface area contributed by atoms with Crippen LogP contribution in [0.25, 0.3) is 0 Å². The molecule has 1 aromatic rings. The van der Waals surface area contributed by atoms with Gasteiger partial charge in [0, 0.05) is 6.54 Å². The van der Waals surface area contributed by atoms with Crippen LogP contribution in [-0.2, 0) is 10.3 Å². The second-order valence-electron chi connectivity index (χ2n) is 5.29. The van der Waals surface area contributed by atoms with E-state index in [1.807, 2.05) is 37.3 Å². The Labute approximate surface area is 114 Å². The third-order valence-corrected chi connectivity index (χ3v) is 3.36. The first-order valence-corrected chi connectivity index (χ1v) is 6.78. The molecule has 0 bridgehead atoms. The van der Waals surface area contributed by atoms with E-state index in [9.17, 15) is 4.79 Å². The number of guanidine groups is 1. The number of hydrogen-bond donors (Lipinski definition) is 2. The van der Waals surface area contributed by atoms with Crippen molar-refractivity contribution in [1.82, 2.24) is 10.6 Å². The fourth-order valence-electron chi connectivity index (χ4n) is 2.24. The second-order valence-corrected chi connectivity index (χ2v) is 5.29. The Morgan fingerprint density at radius 3 is 2.53 bits per heavy atom. The molecule has 0 aliphatic carbocycles. The molecule has 0 radical (unpaired) electrons. The monoisotopic (exact) mass is 259 g/mol. The number of carbonyl (C=O) groups excluding carboxylic acids is 1. The van der Waals surface area contributed by atoms with Gasteiger partial charge in [-0.05, 0) is 17.9 Å². The van der Waals surface area contributed by atoms with Crippen LogP contribution in [0.15, 0.2) is 35.3 Å². The van der Waals surface area contributed by atoms with Crippen molar-refractivity contribution >= 4 is 11.9 Å². The van der Waals surface area contributed by atoms with Crippen LogP contribution in [0.1, 0.15) is 32.8 Å². The van der Waals surface area contributed by atoms with Gasteiger partial charge in [0.05, 0.1) is 0 Å². The van der Waals surface area contributed by atoms with Crippen molar-refractivity contribution < 1.29 is 4.79 Å². The minimum absolute atomic E-state index is 0.0243. The first-order valence-electron chi connectivity index (χ1n) is 6.78. The van der Waals surface area contributed by atoms with Gasteiger partial charge in [-0.2, -0.15) is 0 Å². The summed E-state index contributed by atoms with van der Waals surface area (Å²) in [7, 11) is 0. The van der Waals surface area contributed by atoms with Crippen LogP contribution in [0.5, 0.6) is 0 Å². The van der Waals surface area contributed by atoms with Crippen LogP contribution in [0.3, 0.4) is 0 Å². The summed E-state index contributed by atoms with van der Waals surface area (Å²) in [6.07, 6.45) is 0.684. The quantitative estimate of drug-likeness (QED) is 0.869. The Bertz CT molecular complexity index is 481. The number of carbonyl (C=O) groups is 1. The van der Waals surface area contributed by atoms with Gasteiger partial charge in [0.25, 0.3) is 5.91 Å². The summed E-state index contributed by atoms with van der Waals surface area (Å²) in [4.78, 5) is 16.7. The summed E-state index contributed by atoms with van der Waals surface area (Å²) in [5.41, 5.74) is 0.293. The molecule has 2 N–H and O–H groups in total. The molecule has 102 valence electrons. The van der Waals surface area contributed by atoms with Crippen LogP contribution < -0.4 is 10.6 Å². The lowest BCUT2D eigenvalue weighted by atomic mass is 9.87. The lowest BCUT2D eigenvalue weighted by Gasteiger charge is -2.25. The molecule has 19 heavy (non-hydrogen) atoms. The Kier molecular flexibility index (Phi) is 3.88. The summed E-state index contributed by atoms with van der Waals surface area (Å²) >= 11 is 0. The SMILES string of the molecule is CCC1(c2ccccc2)NC(=NCC(C)C)NC1=O. The molecule has 1 atom stereocenters. The van der Waals surface area contributed by atoms with Crippen LogP contribution in [0.4, 0.5) is 0 Å². The van der Waals surface area contributed by atoms with Crippen molar-refractivity contribution in [1.29, 1.82) is 0 Å². The average Bonchev–Trinajstić information content (AvgIpc) is 2.75. The second kappa shape index (κ2) is 5.43. The van der Waals surface area contributed by atoms with Crippen LogP contribution in [0, 0.1) is 5.92 Å². The van der Waals surface area contributed by atoms with E-state index in [1.165, 1.54) is 0 Å². The number of aliphatic imine (C=N–C) groups is 1. The average molecular weight is 259 g/mol. The van der Waals surface area contributed by atoms with Crippen molar-refractivity contribution in [2.45, 2.75) is 32.7 Å². The lowest BCUT2D eigenvalue weighted by Crippen LogP contribution is -2.43. The maximum Gasteiger partial charge on any atom is 0.257 e. The molecule has 2 rings (SSSR count). The molecule has 1 aliphatic rings. The minimum atomic E-state index is -0.683. The van der Waals surface area contributed by atoms with E-state index in [0.29, 0.717) is 24.8 Å². The number of hydrogen-bond acceptors (Lipinski definition) is 2. The molecule has 1 aromatic carbocycles. The van der Waals surface area contributed by atoms with E-state index in [1.54, 1.807) is 0 Å². The highest BCUT2D eigenvalue weighted by Crippen LogP contribution is 2.28. The minimum Gasteiger partial charge on any atom is -0.338 e. The van der Waals surface area contributed by atoms with E-state index in [2.05, 4.69) is 29.5 Å². The summed E-state index contributed by atoms with van der Waals surface area (Å²) < 4.78 is 0. The number of amides is 1. The fraction of sp³-hybridized carbons (Fsp3) is 0.467. The summed E-state index contributed by atoms with van der Waals surface area (Å²) in [5.74, 6) is 1.03. The molecule has 1 fully saturated rings. The summed E-state index contributed by atoms with van der Waals surface area (Å²) in [6, 6.07) is 9.80. The van der Waals surface area contributed by atoms with Gasteiger partial charge in [-0.25, -0.2) is 0 Å². The highest BCUT2D eigenvalue weighted by molar-refractivity contribution is 6.09. The van der Waals surface area contributed by atoms with Gasteiger partial charge in [-0.15, -0.1) is 0 Å². The van der Waals surface area contributed by atoms with Crippen molar-refractivity contribution in [2.75, 3.05) is 6.54 Å². The molecule has 0 aromatic heterocycles. The van der Waals surface area contributed by atoms with Gasteiger partial charge in [0.1, 0.15) is 5.54 Å². The van der Waals surface area contributed by atoms with Crippen molar-refractivity contribution in [3.8, 4) is 0 Å². The maximum absolute atomic E-state index is 12.3. The molecular formula is C15H21N3O. The van der Waals surface area contributed by atoms with Crippen molar-refractivity contribution in [3.05, 3.63) is 35.9 Å². The van der Waals surface area contributed by atoms with Gasteiger partial charge < -0.3 is 5.32 Å². The van der Waals surface area contributed by atoms with Gasteiger partial charge >= 0.3 is 0 Å². The Morgan fingerprint density at radius 1 is 1.26 bits per heavy atom. The molecule has 0 spiro atoms. The van der Waals surface area contributed by atoms with Crippen LogP contribution in [-0.4, -0.2) is 18.4 Å². The zero-order valence-electron chi connectivity index (χ0n) is 11.7. The zero-order chi connectivity index (χ0) is 13.9. The van der Waals surface area contributed by atoms with Gasteiger partial charge in [0.2, 0.25) is 0 Å². The molecule has 1 aliphatic heterocycles. The van der Waals surface area contributed by atoms with Crippen molar-refractivity contribution in [2.24, 2.45) is 10.9 Å². The van der Waals surface area contributed by atoms with E-state index in [0.717, 1.165) is 5.56 Å². The maximum atomic E-state index is 12.3. The predicted molar refractivity (Wildman–Crippen MR) is 76.8 cm³/mol. The molecular weight excluding hydrogens is 238 g/mol. The standard InChI is InChI=1S/C15H21N3O/c1-4-15(12-8-6-5-7-9-12)13(19)17-14(18-15)16-10-11(2)3/h5-9,11H,4,10H2,1-3H3,(H2,16,17,18,19). The number of nitrogens with zero attached hydrogens (tertiary/aromatic N) is 1. The third kappa shape index (κ3) is 2.62. The normalized spacial score (nSPS) is 24.6. The molecule has 1 saturated heterocycles. The van der Waals surface area contributed by atoms with E-state index < -0.39 is 5.54 Å². The largest absolute Gasteiger partial charge is 0.338 e. The fourth-order valence-corrected chi connectivity index (χ4v) is 2.24. The van der Waals surface area contributed by atoms with E-state index >= 15 is 0 Å². The Balaban J connectivity index is 2.28. The molecule has 4 nitrogen and oxygen atoms in total. The topological polar surface area (TPSA) is 53.5 Å². The highest BCUT2D eigenvalue weighted by Gasteiger charge is 2.44. The molecule has 1 amide bonds. The van der Waals surface area contributed by atoms with Crippen LogP contribution >= 0.6 is 0 Å². The van der Waals surface area contributed by atoms with Gasteiger partial charge in [-0.1, -0.05) is 51.1 Å².